The van der Waals surface area contributed by atoms with E-state index in [9.17, 15) is 19.2 Å². The zero-order valence-corrected chi connectivity index (χ0v) is 39.3. The normalized spacial score (nSPS) is 11.5. The van der Waals surface area contributed by atoms with Gasteiger partial charge in [-0.15, -0.1) is 0 Å². The molecule has 4 aromatic carbocycles. The quantitative estimate of drug-likeness (QED) is 0.0511. The fourth-order valence-electron chi connectivity index (χ4n) is 7.52. The van der Waals surface area contributed by atoms with E-state index < -0.39 is 10.8 Å². The lowest BCUT2D eigenvalue weighted by Crippen LogP contribution is -2.44. The Bertz CT molecular complexity index is 1710. The lowest BCUT2D eigenvalue weighted by molar-refractivity contribution is -0.137. The highest BCUT2D eigenvalue weighted by atomic mass is 16.5. The molecule has 13 heteroatoms. The van der Waals surface area contributed by atoms with Crippen molar-refractivity contribution in [3.05, 3.63) is 121 Å². The molecule has 0 N–H and O–H groups in total. The fraction of sp³-hybridized carbons (Fsp3) is 0.462. The summed E-state index contributed by atoms with van der Waals surface area (Å²) in [7, 11) is 0. The number of hydrogen-bond acceptors (Lipinski definition) is 9. The summed E-state index contributed by atoms with van der Waals surface area (Å²) >= 11 is 0. The molecular weight excluding hydrogens is 825 g/mol. The molecule has 0 saturated carbocycles. The number of hydrogen-bond donors (Lipinski definition) is 0. The second-order valence-corrected chi connectivity index (χ2v) is 16.1. The smallest absolute Gasteiger partial charge is 0.252 e. The van der Waals surface area contributed by atoms with E-state index in [0.29, 0.717) is 39.0 Å². The summed E-state index contributed by atoms with van der Waals surface area (Å²) in [4.78, 5) is 60.6. The Morgan fingerprint density at radius 3 is 0.723 bits per heavy atom. The lowest BCUT2D eigenvalue weighted by Gasteiger charge is -2.36. The van der Waals surface area contributed by atoms with Gasteiger partial charge in [0, 0.05) is 59.8 Å². The molecule has 0 bridgehead atoms. The maximum absolute atomic E-state index is 13.5. The minimum absolute atomic E-state index is 0.111. The first-order valence-corrected chi connectivity index (χ1v) is 22.9. The van der Waals surface area contributed by atoms with Gasteiger partial charge >= 0.3 is 0 Å². The molecule has 13 nitrogen and oxygen atoms in total. The van der Waals surface area contributed by atoms with Crippen LogP contribution in [0.15, 0.2) is 121 Å². The van der Waals surface area contributed by atoms with Crippen molar-refractivity contribution in [1.29, 1.82) is 0 Å². The van der Waals surface area contributed by atoms with Gasteiger partial charge in [0.25, 0.3) is 23.6 Å². The number of anilines is 4. The highest BCUT2D eigenvalue weighted by Crippen LogP contribution is 2.29. The predicted molar refractivity (Wildman–Crippen MR) is 257 cm³/mol. The van der Waals surface area contributed by atoms with Crippen LogP contribution >= 0.6 is 0 Å². The molecule has 0 fully saturated rings. The molecule has 0 heterocycles. The molecule has 4 amide bonds. The maximum atomic E-state index is 13.5. The lowest BCUT2D eigenvalue weighted by atomic mass is 9.86. The van der Waals surface area contributed by atoms with E-state index in [0.717, 1.165) is 22.7 Å². The Morgan fingerprint density at radius 2 is 0.538 bits per heavy atom. The summed E-state index contributed by atoms with van der Waals surface area (Å²) < 4.78 is 31.4. The SMILES string of the molecule is CCN(C(=O)COCC(CC)(COCC(=O)N(CC)c1ccccc1)COCC(CC)(COCC(=O)N(CC)c1ccccc1)COCC(=O)N(CC)c1ccccc1)c1ccccc1. The van der Waals surface area contributed by atoms with Crippen LogP contribution in [0, 0.1) is 10.8 Å². The summed E-state index contributed by atoms with van der Waals surface area (Å²) in [6.45, 7) is 13.6. The van der Waals surface area contributed by atoms with Gasteiger partial charge in [0.05, 0.1) is 39.6 Å². The first-order chi connectivity index (χ1) is 31.6. The summed E-state index contributed by atoms with van der Waals surface area (Å²) in [5, 5.41) is 0. The van der Waals surface area contributed by atoms with Crippen LogP contribution in [0.3, 0.4) is 0 Å². The van der Waals surface area contributed by atoms with Gasteiger partial charge in [-0.2, -0.15) is 0 Å². The standard InChI is InChI=1S/C52H70N4O9/c1-7-51(37-61-33-47(57)53(9-3)43-25-17-13-18-26-43,38-62-34-48(58)54(10-4)44-27-19-14-20-28-44)41-65-42-52(8-2,39-63-35-49(59)55(11-5)45-29-21-15-22-30-45)40-64-36-50(60)56(12-6)46-31-23-16-24-32-46/h13-32H,7-12,33-42H2,1-6H3. The molecule has 0 aliphatic carbocycles. The molecule has 65 heavy (non-hydrogen) atoms. The van der Waals surface area contributed by atoms with Crippen molar-refractivity contribution in [3.8, 4) is 0 Å². The topological polar surface area (TPSA) is 127 Å². The molecule has 0 spiro atoms. The molecule has 0 radical (unpaired) electrons. The minimum Gasteiger partial charge on any atom is -0.380 e. The van der Waals surface area contributed by atoms with E-state index in [1.54, 1.807) is 19.6 Å². The number of amides is 4. The van der Waals surface area contributed by atoms with Crippen LogP contribution in [0.5, 0.6) is 0 Å². The van der Waals surface area contributed by atoms with E-state index >= 15 is 0 Å². The predicted octanol–water partition coefficient (Wildman–Crippen LogP) is 8.07. The molecule has 0 atom stereocenters. The highest BCUT2D eigenvalue weighted by Gasteiger charge is 2.36. The fourth-order valence-corrected chi connectivity index (χ4v) is 7.52. The van der Waals surface area contributed by atoms with Crippen LogP contribution in [-0.2, 0) is 42.9 Å². The molecule has 0 aliphatic rings. The Hall–Kier alpha value is -5.44. The van der Waals surface area contributed by atoms with Crippen molar-refractivity contribution < 1.29 is 42.9 Å². The van der Waals surface area contributed by atoms with Crippen LogP contribution in [0.1, 0.15) is 54.4 Å². The third-order valence-corrected chi connectivity index (χ3v) is 11.6. The largest absolute Gasteiger partial charge is 0.380 e. The first kappa shape index (κ1) is 52.2. The molecule has 0 aromatic heterocycles. The Morgan fingerprint density at radius 1 is 0.338 bits per heavy atom. The van der Waals surface area contributed by atoms with E-state index in [1.165, 1.54) is 0 Å². The van der Waals surface area contributed by atoms with Gasteiger partial charge in [0.2, 0.25) is 0 Å². The van der Waals surface area contributed by atoms with Crippen molar-refractivity contribution in [2.75, 3.05) is 112 Å². The zero-order valence-electron chi connectivity index (χ0n) is 39.3. The number of likely N-dealkylation sites (N-methyl/N-ethyl adjacent to an activating group) is 4. The number of para-hydroxylation sites is 4. The third kappa shape index (κ3) is 15.9. The second-order valence-electron chi connectivity index (χ2n) is 16.1. The van der Waals surface area contributed by atoms with E-state index in [4.69, 9.17) is 23.7 Å². The van der Waals surface area contributed by atoms with Crippen LogP contribution in [-0.4, -0.2) is 116 Å². The van der Waals surface area contributed by atoms with Gasteiger partial charge in [-0.1, -0.05) is 86.6 Å². The molecule has 4 rings (SSSR count). The summed E-state index contributed by atoms with van der Waals surface area (Å²) in [6, 6.07) is 37.8. The summed E-state index contributed by atoms with van der Waals surface area (Å²) in [6.07, 6.45) is 1.07. The van der Waals surface area contributed by atoms with Gasteiger partial charge in [-0.25, -0.2) is 0 Å². The summed E-state index contributed by atoms with van der Waals surface area (Å²) in [5.74, 6) is -0.747. The average Bonchev–Trinajstić information content (AvgIpc) is 3.33. The number of carbonyl (C=O) groups excluding carboxylic acids is 4. The van der Waals surface area contributed by atoms with Crippen LogP contribution < -0.4 is 19.6 Å². The molecule has 0 unspecified atom stereocenters. The highest BCUT2D eigenvalue weighted by molar-refractivity contribution is 5.96. The minimum atomic E-state index is -0.768. The maximum Gasteiger partial charge on any atom is 0.252 e. The van der Waals surface area contributed by atoms with Gasteiger partial charge in [0.15, 0.2) is 0 Å². The van der Waals surface area contributed by atoms with Crippen molar-refractivity contribution in [2.24, 2.45) is 10.8 Å². The summed E-state index contributed by atoms with van der Waals surface area (Å²) in [5.41, 5.74) is 1.59. The van der Waals surface area contributed by atoms with Gasteiger partial charge in [0.1, 0.15) is 26.4 Å². The number of benzene rings is 4. The van der Waals surface area contributed by atoms with Crippen LogP contribution in [0.4, 0.5) is 22.7 Å². The molecule has 0 aliphatic heterocycles. The van der Waals surface area contributed by atoms with Gasteiger partial charge in [-0.05, 0) is 89.1 Å². The van der Waals surface area contributed by atoms with Crippen LogP contribution in [0.2, 0.25) is 0 Å². The van der Waals surface area contributed by atoms with Crippen molar-refractivity contribution in [2.45, 2.75) is 54.4 Å². The van der Waals surface area contributed by atoms with E-state index in [-0.39, 0.29) is 89.7 Å². The first-order valence-electron chi connectivity index (χ1n) is 22.9. The number of ether oxygens (including phenoxy) is 5. The van der Waals surface area contributed by atoms with Crippen molar-refractivity contribution in [1.82, 2.24) is 0 Å². The molecular formula is C52H70N4O9. The van der Waals surface area contributed by atoms with Crippen molar-refractivity contribution >= 4 is 46.4 Å². The Kier molecular flexibility index (Phi) is 22.3. The van der Waals surface area contributed by atoms with Gasteiger partial charge < -0.3 is 43.3 Å². The molecule has 4 aromatic rings. The number of nitrogens with zero attached hydrogens (tertiary/aromatic N) is 4. The van der Waals surface area contributed by atoms with Crippen molar-refractivity contribution in [3.63, 3.8) is 0 Å². The molecule has 0 saturated heterocycles. The second kappa shape index (κ2) is 27.8. The zero-order chi connectivity index (χ0) is 46.9. The van der Waals surface area contributed by atoms with E-state index in [1.807, 2.05) is 163 Å². The Balaban J connectivity index is 1.51. The molecule has 352 valence electrons. The van der Waals surface area contributed by atoms with Gasteiger partial charge in [-0.3, -0.25) is 19.2 Å². The van der Waals surface area contributed by atoms with Crippen LogP contribution in [0.25, 0.3) is 0 Å². The van der Waals surface area contributed by atoms with E-state index in [2.05, 4.69) is 0 Å². The number of carbonyl (C=O) groups is 4. The average molecular weight is 895 g/mol. The Labute approximate surface area is 386 Å². The third-order valence-electron chi connectivity index (χ3n) is 11.6. The number of rotatable bonds is 30. The monoisotopic (exact) mass is 895 g/mol.